The summed E-state index contributed by atoms with van der Waals surface area (Å²) in [6.07, 6.45) is 0.745. The minimum atomic E-state index is -0.293. The smallest absolute Gasteiger partial charge is 0.119 e. The molecule has 3 nitrogen and oxygen atoms in total. The molecule has 0 aromatic heterocycles. The molecule has 0 spiro atoms. The Labute approximate surface area is 103 Å². The maximum absolute atomic E-state index is 7.47. The highest BCUT2D eigenvalue weighted by atomic mass is 16.5. The van der Waals surface area contributed by atoms with Crippen LogP contribution in [0.3, 0.4) is 0 Å². The summed E-state index contributed by atoms with van der Waals surface area (Å²) in [6, 6.07) is 6.16. The van der Waals surface area contributed by atoms with Crippen LogP contribution in [0.15, 0.2) is 18.2 Å². The molecule has 3 heteroatoms. The third kappa shape index (κ3) is 4.10. The van der Waals surface area contributed by atoms with Gasteiger partial charge in [-0.2, -0.15) is 0 Å². The first-order valence-electron chi connectivity index (χ1n) is 5.87. The van der Waals surface area contributed by atoms with Gasteiger partial charge < -0.3 is 10.5 Å². The van der Waals surface area contributed by atoms with Crippen molar-refractivity contribution in [1.82, 2.24) is 0 Å². The van der Waals surface area contributed by atoms with Gasteiger partial charge in [-0.05, 0) is 43.5 Å². The summed E-state index contributed by atoms with van der Waals surface area (Å²) < 4.78 is 5.70. The van der Waals surface area contributed by atoms with Crippen molar-refractivity contribution in [2.24, 2.45) is 11.1 Å². The Morgan fingerprint density at radius 2 is 1.76 bits per heavy atom. The number of nitrogens with two attached hydrogens (primary N) is 1. The van der Waals surface area contributed by atoms with E-state index in [1.165, 1.54) is 11.1 Å². The molecule has 17 heavy (non-hydrogen) atoms. The van der Waals surface area contributed by atoms with Crippen molar-refractivity contribution < 1.29 is 4.74 Å². The number of rotatable bonds is 5. The maximum Gasteiger partial charge on any atom is 0.119 e. The highest BCUT2D eigenvalue weighted by molar-refractivity contribution is 5.82. The van der Waals surface area contributed by atoms with E-state index in [1.54, 1.807) is 0 Å². The molecule has 0 atom stereocenters. The molecule has 0 unspecified atom stereocenters. The van der Waals surface area contributed by atoms with E-state index in [9.17, 15) is 0 Å². The van der Waals surface area contributed by atoms with Gasteiger partial charge in [-0.1, -0.05) is 19.9 Å². The second kappa shape index (κ2) is 5.21. The zero-order chi connectivity index (χ0) is 13.1. The lowest BCUT2D eigenvalue weighted by Crippen LogP contribution is -2.32. The van der Waals surface area contributed by atoms with Crippen LogP contribution in [0.25, 0.3) is 0 Å². The quantitative estimate of drug-likeness (QED) is 0.607. The van der Waals surface area contributed by atoms with Crippen molar-refractivity contribution in [2.45, 2.75) is 34.1 Å². The number of hydrogen-bond acceptors (Lipinski definition) is 2. The van der Waals surface area contributed by atoms with Gasteiger partial charge in [-0.15, -0.1) is 0 Å². The Bertz CT molecular complexity index is 390. The average Bonchev–Trinajstić information content (AvgIpc) is 2.15. The standard InChI is InChI=1S/C14H22N2O/c1-10-7-11(2)9-12(8-10)17-6-5-14(3,4)13(15)16/h7-9H,5-6H2,1-4H3,(H3,15,16). The zero-order valence-electron chi connectivity index (χ0n) is 11.1. The molecule has 0 aliphatic rings. The molecule has 94 valence electrons. The summed E-state index contributed by atoms with van der Waals surface area (Å²) in [5.41, 5.74) is 7.63. The number of amidine groups is 1. The Kier molecular flexibility index (Phi) is 4.16. The van der Waals surface area contributed by atoms with E-state index < -0.39 is 0 Å². The first-order valence-corrected chi connectivity index (χ1v) is 5.87. The molecule has 0 bridgehead atoms. The van der Waals surface area contributed by atoms with Gasteiger partial charge in [-0.3, -0.25) is 5.41 Å². The monoisotopic (exact) mass is 234 g/mol. The summed E-state index contributed by atoms with van der Waals surface area (Å²) in [7, 11) is 0. The Hall–Kier alpha value is -1.51. The molecule has 0 saturated carbocycles. The van der Waals surface area contributed by atoms with Crippen molar-refractivity contribution in [2.75, 3.05) is 6.61 Å². The van der Waals surface area contributed by atoms with Crippen molar-refractivity contribution in [1.29, 1.82) is 5.41 Å². The molecule has 0 saturated heterocycles. The van der Waals surface area contributed by atoms with Gasteiger partial charge in [0.1, 0.15) is 5.75 Å². The van der Waals surface area contributed by atoms with E-state index in [1.807, 2.05) is 26.0 Å². The lowest BCUT2D eigenvalue weighted by molar-refractivity contribution is 0.268. The lowest BCUT2D eigenvalue weighted by Gasteiger charge is -2.22. The lowest BCUT2D eigenvalue weighted by atomic mass is 9.88. The molecule has 0 aliphatic carbocycles. The molecule has 0 aliphatic heterocycles. The van der Waals surface area contributed by atoms with Gasteiger partial charge in [0.25, 0.3) is 0 Å². The molecule has 1 aromatic rings. The van der Waals surface area contributed by atoms with Crippen LogP contribution in [0.1, 0.15) is 31.4 Å². The van der Waals surface area contributed by atoms with E-state index >= 15 is 0 Å². The van der Waals surface area contributed by atoms with E-state index in [-0.39, 0.29) is 11.3 Å². The van der Waals surface area contributed by atoms with Crippen LogP contribution in [-0.4, -0.2) is 12.4 Å². The SMILES string of the molecule is Cc1cc(C)cc(OCCC(C)(C)C(=N)N)c1. The highest BCUT2D eigenvalue weighted by Crippen LogP contribution is 2.21. The maximum atomic E-state index is 7.47. The number of hydrogen-bond donors (Lipinski definition) is 2. The average molecular weight is 234 g/mol. The predicted octanol–water partition coefficient (Wildman–Crippen LogP) is 3.03. The molecule has 3 N–H and O–H groups in total. The first kappa shape index (κ1) is 13.6. The predicted molar refractivity (Wildman–Crippen MR) is 71.7 cm³/mol. The second-order valence-corrected chi connectivity index (χ2v) is 5.22. The first-order chi connectivity index (χ1) is 7.81. The highest BCUT2D eigenvalue weighted by Gasteiger charge is 2.21. The fraction of sp³-hybridized carbons (Fsp3) is 0.500. The molecule has 0 amide bonds. The van der Waals surface area contributed by atoms with Crippen molar-refractivity contribution >= 4 is 5.84 Å². The van der Waals surface area contributed by atoms with Crippen molar-refractivity contribution in [3.63, 3.8) is 0 Å². The van der Waals surface area contributed by atoms with Crippen molar-refractivity contribution in [3.8, 4) is 5.75 Å². The largest absolute Gasteiger partial charge is 0.494 e. The number of nitrogens with one attached hydrogen (secondary N) is 1. The third-order valence-corrected chi connectivity index (χ3v) is 2.92. The van der Waals surface area contributed by atoms with E-state index in [0.717, 1.165) is 12.2 Å². The Morgan fingerprint density at radius 1 is 1.24 bits per heavy atom. The van der Waals surface area contributed by atoms with Crippen LogP contribution in [-0.2, 0) is 0 Å². The summed E-state index contributed by atoms with van der Waals surface area (Å²) in [5.74, 6) is 1.10. The Balaban J connectivity index is 2.54. The van der Waals surface area contributed by atoms with E-state index in [4.69, 9.17) is 15.9 Å². The summed E-state index contributed by atoms with van der Waals surface area (Å²) in [5, 5.41) is 7.47. The zero-order valence-corrected chi connectivity index (χ0v) is 11.1. The molecule has 0 heterocycles. The summed E-state index contributed by atoms with van der Waals surface area (Å²) in [4.78, 5) is 0. The topological polar surface area (TPSA) is 59.1 Å². The fourth-order valence-electron chi connectivity index (χ4n) is 1.57. The van der Waals surface area contributed by atoms with Crippen LogP contribution in [0.4, 0.5) is 0 Å². The van der Waals surface area contributed by atoms with Crippen LogP contribution in [0.5, 0.6) is 5.75 Å². The summed E-state index contributed by atoms with van der Waals surface area (Å²) >= 11 is 0. The minimum Gasteiger partial charge on any atom is -0.494 e. The summed E-state index contributed by atoms with van der Waals surface area (Å²) in [6.45, 7) is 8.61. The van der Waals surface area contributed by atoms with Crippen LogP contribution >= 0.6 is 0 Å². The van der Waals surface area contributed by atoms with Gasteiger partial charge in [-0.25, -0.2) is 0 Å². The molecule has 1 rings (SSSR count). The number of benzene rings is 1. The van der Waals surface area contributed by atoms with E-state index in [2.05, 4.69) is 19.9 Å². The molecule has 0 radical (unpaired) electrons. The molecule has 1 aromatic carbocycles. The molecular weight excluding hydrogens is 212 g/mol. The second-order valence-electron chi connectivity index (χ2n) is 5.22. The minimum absolute atomic E-state index is 0.210. The van der Waals surface area contributed by atoms with Crippen molar-refractivity contribution in [3.05, 3.63) is 29.3 Å². The normalized spacial score (nSPS) is 11.3. The van der Waals surface area contributed by atoms with Gasteiger partial charge in [0.05, 0.1) is 12.4 Å². The van der Waals surface area contributed by atoms with Gasteiger partial charge in [0.2, 0.25) is 0 Å². The van der Waals surface area contributed by atoms with Gasteiger partial charge in [0.15, 0.2) is 0 Å². The molecular formula is C14H22N2O. The Morgan fingerprint density at radius 3 is 2.24 bits per heavy atom. The van der Waals surface area contributed by atoms with E-state index in [0.29, 0.717) is 6.61 Å². The van der Waals surface area contributed by atoms with Crippen LogP contribution in [0, 0.1) is 24.7 Å². The fourth-order valence-corrected chi connectivity index (χ4v) is 1.57. The van der Waals surface area contributed by atoms with Gasteiger partial charge in [0, 0.05) is 5.41 Å². The number of aryl methyl sites for hydroxylation is 2. The van der Waals surface area contributed by atoms with Gasteiger partial charge >= 0.3 is 0 Å². The molecule has 0 fully saturated rings. The third-order valence-electron chi connectivity index (χ3n) is 2.92. The number of ether oxygens (including phenoxy) is 1. The van der Waals surface area contributed by atoms with Crippen LogP contribution < -0.4 is 10.5 Å². The van der Waals surface area contributed by atoms with Crippen LogP contribution in [0.2, 0.25) is 0 Å².